The van der Waals surface area contributed by atoms with Gasteiger partial charge >= 0.3 is 0 Å². The number of halogens is 5. The van der Waals surface area contributed by atoms with E-state index < -0.39 is 75.8 Å². The van der Waals surface area contributed by atoms with Crippen LogP contribution in [0.2, 0.25) is 0 Å². The van der Waals surface area contributed by atoms with E-state index in [0.717, 1.165) is 29.4 Å². The van der Waals surface area contributed by atoms with Gasteiger partial charge in [-0.25, -0.2) is 35.1 Å². The zero-order valence-corrected chi connectivity index (χ0v) is 17.6. The van der Waals surface area contributed by atoms with Crippen molar-refractivity contribution in [2.24, 2.45) is 5.92 Å². The van der Waals surface area contributed by atoms with Gasteiger partial charge in [-0.15, -0.1) is 0 Å². The summed E-state index contributed by atoms with van der Waals surface area (Å²) >= 11 is 0. The number of likely N-dealkylation sites (tertiary alicyclic amines) is 1. The summed E-state index contributed by atoms with van der Waals surface area (Å²) in [5, 5.41) is 0. The third kappa shape index (κ3) is 4.23. The molecule has 0 bridgehead atoms. The van der Waals surface area contributed by atoms with Gasteiger partial charge in [0.2, 0.25) is 15.9 Å². The highest BCUT2D eigenvalue weighted by molar-refractivity contribution is 7.88. The number of carbonyl (C=O) groups excluding carboxylic acids is 1. The highest BCUT2D eigenvalue weighted by Gasteiger charge is 2.55. The van der Waals surface area contributed by atoms with Crippen LogP contribution in [0.5, 0.6) is 0 Å². The van der Waals surface area contributed by atoms with Crippen LogP contribution in [0.3, 0.4) is 0 Å². The molecule has 172 valence electrons. The Morgan fingerprint density at radius 3 is 2.28 bits per heavy atom. The zero-order valence-electron chi connectivity index (χ0n) is 16.8. The van der Waals surface area contributed by atoms with Gasteiger partial charge in [0.05, 0.1) is 18.4 Å². The number of amides is 1. The van der Waals surface area contributed by atoms with Gasteiger partial charge in [0.15, 0.2) is 0 Å². The Morgan fingerprint density at radius 2 is 1.66 bits per heavy atom. The quantitative estimate of drug-likeness (QED) is 0.677. The Morgan fingerprint density at radius 1 is 1.06 bits per heavy atom. The molecule has 1 saturated carbocycles. The molecule has 2 fully saturated rings. The maximum Gasteiger partial charge on any atom is 0.283 e. The second-order valence-corrected chi connectivity index (χ2v) is 9.95. The summed E-state index contributed by atoms with van der Waals surface area (Å²) in [7, 11) is -3.92. The van der Waals surface area contributed by atoms with Crippen LogP contribution in [0.4, 0.5) is 22.0 Å². The molecule has 1 aliphatic carbocycles. The van der Waals surface area contributed by atoms with E-state index in [-0.39, 0.29) is 17.5 Å². The van der Waals surface area contributed by atoms with E-state index in [1.807, 2.05) is 4.72 Å². The van der Waals surface area contributed by atoms with Crippen molar-refractivity contribution in [3.05, 3.63) is 59.4 Å². The minimum absolute atomic E-state index is 0.0377. The van der Waals surface area contributed by atoms with Gasteiger partial charge in [0, 0.05) is 12.5 Å². The van der Waals surface area contributed by atoms with Crippen molar-refractivity contribution in [3.63, 3.8) is 0 Å². The van der Waals surface area contributed by atoms with Crippen molar-refractivity contribution >= 4 is 15.9 Å². The molecule has 2 aromatic carbocycles. The smallest absolute Gasteiger partial charge is 0.283 e. The van der Waals surface area contributed by atoms with Gasteiger partial charge in [-0.3, -0.25) is 4.79 Å². The summed E-state index contributed by atoms with van der Waals surface area (Å²) in [4.78, 5) is 13.7. The molecule has 4 rings (SSSR count). The molecule has 11 heteroatoms. The van der Waals surface area contributed by atoms with E-state index in [4.69, 9.17) is 0 Å². The van der Waals surface area contributed by atoms with E-state index in [1.54, 1.807) is 0 Å². The Balaban J connectivity index is 1.59. The molecular weight excluding hydrogens is 455 g/mol. The van der Waals surface area contributed by atoms with Gasteiger partial charge in [0.25, 0.3) is 5.92 Å². The fourth-order valence-electron chi connectivity index (χ4n) is 4.24. The van der Waals surface area contributed by atoms with Crippen LogP contribution < -0.4 is 4.72 Å². The summed E-state index contributed by atoms with van der Waals surface area (Å²) in [6.07, 6.45) is 0.862. The monoisotopic (exact) mass is 474 g/mol. The molecule has 1 aliphatic heterocycles. The molecule has 3 unspecified atom stereocenters. The molecule has 1 heterocycles. The second kappa shape index (κ2) is 7.80. The van der Waals surface area contributed by atoms with E-state index in [2.05, 4.69) is 0 Å². The third-order valence-electron chi connectivity index (χ3n) is 5.75. The number of hydrogen-bond donors (Lipinski definition) is 1. The van der Waals surface area contributed by atoms with Crippen LogP contribution in [-0.4, -0.2) is 50.5 Å². The average Bonchev–Trinajstić information content (AvgIpc) is 3.39. The number of benzene rings is 2. The lowest BCUT2D eigenvalue weighted by atomic mass is 9.94. The van der Waals surface area contributed by atoms with Crippen molar-refractivity contribution in [1.82, 2.24) is 9.62 Å². The predicted octanol–water partition coefficient (Wildman–Crippen LogP) is 3.27. The number of nitrogens with zero attached hydrogens (tertiary/aromatic N) is 1. The Hall–Kier alpha value is -2.53. The van der Waals surface area contributed by atoms with Crippen LogP contribution in [-0.2, 0) is 14.8 Å². The second-order valence-electron chi connectivity index (χ2n) is 8.17. The first-order valence-electron chi connectivity index (χ1n) is 9.76. The lowest BCUT2D eigenvalue weighted by Crippen LogP contribution is -2.46. The number of rotatable bonds is 5. The van der Waals surface area contributed by atoms with Crippen molar-refractivity contribution in [3.8, 4) is 11.1 Å². The molecular formula is C21H19F5N2O3S. The largest absolute Gasteiger partial charge is 0.334 e. The molecule has 3 atom stereocenters. The molecule has 1 amide bonds. The maximum absolute atomic E-state index is 14.7. The Labute approximate surface area is 181 Å². The summed E-state index contributed by atoms with van der Waals surface area (Å²) in [6, 6.07) is 5.21. The van der Waals surface area contributed by atoms with Crippen molar-refractivity contribution in [1.29, 1.82) is 0 Å². The normalized spacial score (nSPS) is 24.6. The highest BCUT2D eigenvalue weighted by Crippen LogP contribution is 2.53. The van der Waals surface area contributed by atoms with Crippen molar-refractivity contribution < 1.29 is 35.2 Å². The lowest BCUT2D eigenvalue weighted by Gasteiger charge is -2.17. The first kappa shape index (κ1) is 22.7. The number of carbonyl (C=O) groups is 1. The van der Waals surface area contributed by atoms with Crippen LogP contribution in [0.25, 0.3) is 11.1 Å². The van der Waals surface area contributed by atoms with E-state index in [0.29, 0.717) is 0 Å². The van der Waals surface area contributed by atoms with Gasteiger partial charge in [-0.2, -0.15) is 0 Å². The minimum atomic E-state index is -3.92. The fraction of sp³-hybridized carbons (Fsp3) is 0.381. The molecule has 0 radical (unpaired) electrons. The summed E-state index contributed by atoms with van der Waals surface area (Å²) < 4.78 is 96.3. The average molecular weight is 474 g/mol. The molecule has 1 N–H and O–H groups in total. The summed E-state index contributed by atoms with van der Waals surface area (Å²) in [6.45, 7) is -1.51. The van der Waals surface area contributed by atoms with E-state index >= 15 is 0 Å². The maximum atomic E-state index is 14.7. The molecule has 1 saturated heterocycles. The van der Waals surface area contributed by atoms with Gasteiger partial charge in [0.1, 0.15) is 23.5 Å². The van der Waals surface area contributed by atoms with E-state index in [1.165, 1.54) is 18.2 Å². The first-order valence-corrected chi connectivity index (χ1v) is 11.6. The number of nitrogens with one attached hydrogen (secondary N) is 1. The van der Waals surface area contributed by atoms with Crippen LogP contribution in [0.1, 0.15) is 17.9 Å². The molecule has 2 aliphatic rings. The molecule has 0 spiro atoms. The minimum Gasteiger partial charge on any atom is -0.334 e. The third-order valence-corrected chi connectivity index (χ3v) is 6.46. The predicted molar refractivity (Wildman–Crippen MR) is 106 cm³/mol. The molecule has 2 aromatic rings. The van der Waals surface area contributed by atoms with E-state index in [9.17, 15) is 35.2 Å². The Bertz CT molecular complexity index is 1170. The van der Waals surface area contributed by atoms with Crippen LogP contribution >= 0.6 is 0 Å². The Kier molecular flexibility index (Phi) is 5.52. The number of sulfonamides is 1. The van der Waals surface area contributed by atoms with Gasteiger partial charge in [-0.1, -0.05) is 18.2 Å². The number of alkyl halides is 2. The van der Waals surface area contributed by atoms with Crippen molar-refractivity contribution in [2.75, 3.05) is 19.3 Å². The molecule has 32 heavy (non-hydrogen) atoms. The standard InChI is InChI=1S/C21H19F5N2O3S/c1-32(30,31)27-17-9-28(10-21(17,25)26)20(29)13-8-12(13)18-11(4-2-5-14(18)22)19-15(23)6-3-7-16(19)24/h2-7,12-13,17,27H,8-10H2,1H3. The topological polar surface area (TPSA) is 66.5 Å². The first-order chi connectivity index (χ1) is 14.9. The zero-order chi connectivity index (χ0) is 23.4. The SMILES string of the molecule is CS(=O)(=O)NC1CN(C(=O)C2CC2c2c(F)cccc2-c2c(F)cccc2F)CC1(F)F. The summed E-state index contributed by atoms with van der Waals surface area (Å²) in [5.41, 5.74) is -0.513. The lowest BCUT2D eigenvalue weighted by molar-refractivity contribution is -0.133. The van der Waals surface area contributed by atoms with Gasteiger partial charge < -0.3 is 4.90 Å². The summed E-state index contributed by atoms with van der Waals surface area (Å²) in [5.74, 6) is -8.29. The van der Waals surface area contributed by atoms with Crippen molar-refractivity contribution in [2.45, 2.75) is 24.3 Å². The molecule has 5 nitrogen and oxygen atoms in total. The highest BCUT2D eigenvalue weighted by atomic mass is 32.2. The number of hydrogen-bond acceptors (Lipinski definition) is 3. The fourth-order valence-corrected chi connectivity index (χ4v) is 5.01. The molecule has 0 aromatic heterocycles. The van der Waals surface area contributed by atoms with Gasteiger partial charge in [-0.05, 0) is 41.7 Å². The van der Waals surface area contributed by atoms with Crippen LogP contribution in [0, 0.1) is 23.4 Å². The van der Waals surface area contributed by atoms with Crippen LogP contribution in [0.15, 0.2) is 36.4 Å².